The fourth-order valence-corrected chi connectivity index (χ4v) is 2.73. The van der Waals surface area contributed by atoms with Crippen LogP contribution in [0.3, 0.4) is 0 Å². The lowest BCUT2D eigenvalue weighted by Gasteiger charge is -2.12. The first-order valence-corrected chi connectivity index (χ1v) is 7.65. The maximum atomic E-state index is 11.8. The van der Waals surface area contributed by atoms with Gasteiger partial charge in [-0.15, -0.1) is 10.2 Å². The number of nitrogens with zero attached hydrogens (tertiary/aromatic N) is 4. The predicted octanol–water partition coefficient (Wildman–Crippen LogP) is 1.84. The van der Waals surface area contributed by atoms with Crippen molar-refractivity contribution < 1.29 is 4.79 Å². The molecule has 0 aliphatic carbocycles. The SMILES string of the molecule is CC(C)(C)c1nsc(NC(=O)CCc2nnc(N)s2)n1. The molecule has 3 N–H and O–H groups in total. The van der Waals surface area contributed by atoms with E-state index < -0.39 is 0 Å². The molecular formula is C11H16N6OS2. The zero-order valence-electron chi connectivity index (χ0n) is 11.5. The lowest BCUT2D eigenvalue weighted by molar-refractivity contribution is -0.116. The number of nitrogens with one attached hydrogen (secondary N) is 1. The molecule has 0 bridgehead atoms. The molecule has 0 saturated heterocycles. The van der Waals surface area contributed by atoms with E-state index in [9.17, 15) is 4.79 Å². The molecule has 108 valence electrons. The van der Waals surface area contributed by atoms with Gasteiger partial charge in [0.1, 0.15) is 10.8 Å². The number of carbonyl (C=O) groups excluding carboxylic acids is 1. The fraction of sp³-hybridized carbons (Fsp3) is 0.545. The average molecular weight is 312 g/mol. The third kappa shape index (κ3) is 3.94. The standard InChI is InChI=1S/C11H16N6OS2/c1-11(2,3)8-14-10(20-17-8)13-6(18)4-5-7-15-16-9(12)19-7/h4-5H2,1-3H3,(H2,12,16)(H,13,14,17,18). The highest BCUT2D eigenvalue weighted by molar-refractivity contribution is 7.15. The molecule has 0 unspecified atom stereocenters. The van der Waals surface area contributed by atoms with Crippen LogP contribution in [0, 0.1) is 0 Å². The highest BCUT2D eigenvalue weighted by atomic mass is 32.1. The molecule has 2 rings (SSSR count). The number of nitrogen functional groups attached to an aromatic ring is 1. The maximum absolute atomic E-state index is 11.8. The molecule has 0 radical (unpaired) electrons. The van der Waals surface area contributed by atoms with Crippen LogP contribution < -0.4 is 11.1 Å². The summed E-state index contributed by atoms with van der Waals surface area (Å²) in [6, 6.07) is 0. The summed E-state index contributed by atoms with van der Waals surface area (Å²) in [7, 11) is 0. The van der Waals surface area contributed by atoms with Gasteiger partial charge in [-0.25, -0.2) is 4.98 Å². The van der Waals surface area contributed by atoms with Gasteiger partial charge in [0.2, 0.25) is 16.2 Å². The van der Waals surface area contributed by atoms with Crippen molar-refractivity contribution in [3.63, 3.8) is 0 Å². The highest BCUT2D eigenvalue weighted by Gasteiger charge is 2.20. The molecule has 20 heavy (non-hydrogen) atoms. The molecule has 1 amide bonds. The van der Waals surface area contributed by atoms with Gasteiger partial charge in [-0.1, -0.05) is 32.1 Å². The van der Waals surface area contributed by atoms with E-state index in [-0.39, 0.29) is 11.3 Å². The second-order valence-corrected chi connectivity index (χ2v) is 7.10. The first-order valence-electron chi connectivity index (χ1n) is 6.06. The lowest BCUT2D eigenvalue weighted by atomic mass is 9.96. The molecule has 2 heterocycles. The Balaban J connectivity index is 1.87. The third-order valence-corrected chi connectivity index (χ3v) is 3.83. The Morgan fingerprint density at radius 1 is 1.35 bits per heavy atom. The first-order chi connectivity index (χ1) is 9.34. The Kier molecular flexibility index (Phi) is 4.29. The van der Waals surface area contributed by atoms with Crippen LogP contribution in [0.4, 0.5) is 10.3 Å². The Hall–Kier alpha value is -1.61. The lowest BCUT2D eigenvalue weighted by Crippen LogP contribution is -2.15. The topological polar surface area (TPSA) is 107 Å². The summed E-state index contributed by atoms with van der Waals surface area (Å²) in [6.07, 6.45) is 0.838. The van der Waals surface area contributed by atoms with E-state index in [0.717, 1.165) is 10.8 Å². The fourth-order valence-electron chi connectivity index (χ4n) is 1.35. The number of nitrogens with two attached hydrogens (primary N) is 1. The second-order valence-electron chi connectivity index (χ2n) is 5.26. The third-order valence-electron chi connectivity index (χ3n) is 2.39. The van der Waals surface area contributed by atoms with Gasteiger partial charge in [0.05, 0.1) is 0 Å². The number of amides is 1. The van der Waals surface area contributed by atoms with Gasteiger partial charge < -0.3 is 11.1 Å². The summed E-state index contributed by atoms with van der Waals surface area (Å²) in [5.41, 5.74) is 5.36. The van der Waals surface area contributed by atoms with Crippen LogP contribution in [0.15, 0.2) is 0 Å². The van der Waals surface area contributed by atoms with Crippen molar-refractivity contribution in [2.24, 2.45) is 0 Å². The van der Waals surface area contributed by atoms with E-state index in [4.69, 9.17) is 5.73 Å². The zero-order valence-corrected chi connectivity index (χ0v) is 13.1. The zero-order chi connectivity index (χ0) is 14.8. The number of rotatable bonds is 4. The number of anilines is 2. The van der Waals surface area contributed by atoms with E-state index in [1.807, 2.05) is 20.8 Å². The van der Waals surface area contributed by atoms with E-state index in [2.05, 4.69) is 24.9 Å². The monoisotopic (exact) mass is 312 g/mol. The molecule has 0 atom stereocenters. The molecule has 0 aliphatic rings. The first kappa shape index (κ1) is 14.8. The van der Waals surface area contributed by atoms with Gasteiger partial charge in [-0.3, -0.25) is 4.79 Å². The molecule has 0 spiro atoms. The maximum Gasteiger partial charge on any atom is 0.226 e. The largest absolute Gasteiger partial charge is 0.374 e. The number of hydrogen-bond acceptors (Lipinski definition) is 8. The van der Waals surface area contributed by atoms with Crippen LogP contribution in [0.1, 0.15) is 38.0 Å². The van der Waals surface area contributed by atoms with Crippen LogP contribution in [0.25, 0.3) is 0 Å². The van der Waals surface area contributed by atoms with Crippen molar-refractivity contribution in [3.05, 3.63) is 10.8 Å². The van der Waals surface area contributed by atoms with E-state index in [0.29, 0.717) is 23.1 Å². The molecule has 0 aliphatic heterocycles. The van der Waals surface area contributed by atoms with Crippen molar-refractivity contribution >= 4 is 39.0 Å². The number of carbonyl (C=O) groups is 1. The van der Waals surface area contributed by atoms with Crippen molar-refractivity contribution in [2.45, 2.75) is 39.0 Å². The average Bonchev–Trinajstić information content (AvgIpc) is 2.95. The summed E-state index contributed by atoms with van der Waals surface area (Å²) < 4.78 is 4.24. The van der Waals surface area contributed by atoms with Crippen molar-refractivity contribution in [1.29, 1.82) is 0 Å². The summed E-state index contributed by atoms with van der Waals surface area (Å²) >= 11 is 2.49. The van der Waals surface area contributed by atoms with Gasteiger partial charge in [0.25, 0.3) is 0 Å². The van der Waals surface area contributed by atoms with Crippen LogP contribution >= 0.6 is 22.9 Å². The Morgan fingerprint density at radius 3 is 2.65 bits per heavy atom. The minimum atomic E-state index is -0.121. The minimum absolute atomic E-state index is 0.115. The Morgan fingerprint density at radius 2 is 2.10 bits per heavy atom. The molecule has 2 aromatic rings. The summed E-state index contributed by atoms with van der Waals surface area (Å²) in [6.45, 7) is 6.08. The van der Waals surface area contributed by atoms with Crippen LogP contribution in [0.5, 0.6) is 0 Å². The normalized spacial score (nSPS) is 11.6. The van der Waals surface area contributed by atoms with Crippen LogP contribution in [-0.2, 0) is 16.6 Å². The van der Waals surface area contributed by atoms with Crippen LogP contribution in [-0.4, -0.2) is 25.5 Å². The molecule has 0 aromatic carbocycles. The highest BCUT2D eigenvalue weighted by Crippen LogP contribution is 2.23. The van der Waals surface area contributed by atoms with Crippen molar-refractivity contribution in [3.8, 4) is 0 Å². The van der Waals surface area contributed by atoms with E-state index in [1.54, 1.807) is 0 Å². The van der Waals surface area contributed by atoms with Gasteiger partial charge in [0, 0.05) is 29.8 Å². The predicted molar refractivity (Wildman–Crippen MR) is 79.9 cm³/mol. The van der Waals surface area contributed by atoms with Gasteiger partial charge in [0.15, 0.2) is 0 Å². The molecule has 9 heteroatoms. The molecule has 2 aromatic heterocycles. The van der Waals surface area contributed by atoms with Crippen LogP contribution in [0.2, 0.25) is 0 Å². The molecule has 7 nitrogen and oxygen atoms in total. The molecular weight excluding hydrogens is 296 g/mol. The van der Waals surface area contributed by atoms with Crippen molar-refractivity contribution in [1.82, 2.24) is 19.6 Å². The number of aryl methyl sites for hydroxylation is 1. The van der Waals surface area contributed by atoms with Gasteiger partial charge in [-0.2, -0.15) is 4.37 Å². The number of aromatic nitrogens is 4. The van der Waals surface area contributed by atoms with Gasteiger partial charge in [-0.05, 0) is 0 Å². The Labute approximate surface area is 124 Å². The van der Waals surface area contributed by atoms with Gasteiger partial charge >= 0.3 is 0 Å². The quantitative estimate of drug-likeness (QED) is 0.892. The second kappa shape index (κ2) is 5.80. The Bertz CT molecular complexity index is 600. The summed E-state index contributed by atoms with van der Waals surface area (Å²) in [5, 5.41) is 12.0. The summed E-state index contributed by atoms with van der Waals surface area (Å²) in [5.74, 6) is 0.616. The van der Waals surface area contributed by atoms with E-state index >= 15 is 0 Å². The van der Waals surface area contributed by atoms with E-state index in [1.165, 1.54) is 22.9 Å². The minimum Gasteiger partial charge on any atom is -0.374 e. The molecule has 0 saturated carbocycles. The van der Waals surface area contributed by atoms with Crippen molar-refractivity contribution in [2.75, 3.05) is 11.1 Å². The molecule has 0 fully saturated rings. The smallest absolute Gasteiger partial charge is 0.226 e. The summed E-state index contributed by atoms with van der Waals surface area (Å²) in [4.78, 5) is 16.1. The number of hydrogen-bond donors (Lipinski definition) is 2.